The summed E-state index contributed by atoms with van der Waals surface area (Å²) in [5.74, 6) is 1.54. The first kappa shape index (κ1) is 46.3. The van der Waals surface area contributed by atoms with Gasteiger partial charge in [0.05, 0.1) is 13.2 Å². The maximum Gasteiger partial charge on any atom is 0.258 e. The molecule has 0 aromatic heterocycles. The van der Waals surface area contributed by atoms with Crippen LogP contribution in [0.25, 0.3) is 54.2 Å². The van der Waals surface area contributed by atoms with E-state index in [1.165, 1.54) is 24.3 Å². The van der Waals surface area contributed by atoms with Gasteiger partial charge in [-0.3, -0.25) is 19.2 Å². The second-order valence-electron chi connectivity index (χ2n) is 20.7. The summed E-state index contributed by atoms with van der Waals surface area (Å²) < 4.78 is 28.1. The van der Waals surface area contributed by atoms with Crippen molar-refractivity contribution in [1.82, 2.24) is 0 Å². The quantitative estimate of drug-likeness (QED) is 0.0988. The van der Waals surface area contributed by atoms with E-state index in [0.29, 0.717) is 75.7 Å². The van der Waals surface area contributed by atoms with Crippen LogP contribution in [0.3, 0.4) is 0 Å². The number of rotatable bonds is 10. The van der Waals surface area contributed by atoms with Crippen LogP contribution in [0.15, 0.2) is 85.0 Å². The molecular formula is C57H62O8Si2. The molecular weight excluding hydrogens is 869 g/mol. The molecule has 0 saturated carbocycles. The zero-order valence-corrected chi connectivity index (χ0v) is 42.9. The van der Waals surface area contributed by atoms with E-state index in [0.717, 1.165) is 43.4 Å². The van der Waals surface area contributed by atoms with Gasteiger partial charge >= 0.3 is 0 Å². The molecule has 0 unspecified atom stereocenters. The minimum atomic E-state index is -2.54. The number of benzene rings is 6. The summed E-state index contributed by atoms with van der Waals surface area (Å²) in [7, 11) is -5.08. The van der Waals surface area contributed by atoms with Crippen molar-refractivity contribution >= 4 is 82.9 Å². The van der Waals surface area contributed by atoms with Crippen molar-refractivity contribution in [2.24, 2.45) is 0 Å². The number of carbonyl (C=O) groups excluding carboxylic acids is 4. The number of hydrogen-bond donors (Lipinski definition) is 0. The second-order valence-corrected chi connectivity index (χ2v) is 31.4. The van der Waals surface area contributed by atoms with Crippen LogP contribution in [0.1, 0.15) is 131 Å². The summed E-state index contributed by atoms with van der Waals surface area (Å²) >= 11 is 0. The van der Waals surface area contributed by atoms with Gasteiger partial charge < -0.3 is 18.3 Å². The lowest BCUT2D eigenvalue weighted by molar-refractivity contribution is 0.0995. The van der Waals surface area contributed by atoms with Crippen LogP contribution < -0.4 is 18.3 Å². The Balaban J connectivity index is 1.40. The highest BCUT2D eigenvalue weighted by atomic mass is 28.4. The number of carbonyl (C=O) groups is 4. The maximum atomic E-state index is 14.2. The van der Waals surface area contributed by atoms with Gasteiger partial charge in [-0.05, 0) is 103 Å². The van der Waals surface area contributed by atoms with Crippen LogP contribution in [-0.4, -0.2) is 53.0 Å². The van der Waals surface area contributed by atoms with Crippen LogP contribution in [0.2, 0.25) is 33.2 Å². The molecule has 0 bridgehead atoms. The summed E-state index contributed by atoms with van der Waals surface area (Å²) in [5, 5.41) is 5.98. The number of ketones is 4. The van der Waals surface area contributed by atoms with Crippen LogP contribution in [0.5, 0.6) is 23.0 Å². The highest BCUT2D eigenvalue weighted by molar-refractivity contribution is 6.79. The molecule has 346 valence electrons. The molecule has 1 aliphatic heterocycles. The van der Waals surface area contributed by atoms with Gasteiger partial charge in [-0.2, -0.15) is 0 Å². The summed E-state index contributed by atoms with van der Waals surface area (Å²) in [4.78, 5) is 56.1. The second kappa shape index (κ2) is 17.0. The first-order chi connectivity index (χ1) is 31.8. The molecule has 9 rings (SSSR count). The predicted octanol–water partition coefficient (Wildman–Crippen LogP) is 15.1. The third kappa shape index (κ3) is 7.03. The van der Waals surface area contributed by atoms with Crippen molar-refractivity contribution in [3.63, 3.8) is 0 Å². The summed E-state index contributed by atoms with van der Waals surface area (Å²) in [5.41, 5.74) is 4.48. The zero-order chi connectivity index (χ0) is 48.0. The monoisotopic (exact) mass is 930 g/mol. The third-order valence-electron chi connectivity index (χ3n) is 15.3. The molecule has 8 nitrogen and oxygen atoms in total. The van der Waals surface area contributed by atoms with E-state index < -0.39 is 16.6 Å². The Morgan fingerprint density at radius 2 is 0.716 bits per heavy atom. The van der Waals surface area contributed by atoms with Gasteiger partial charge in [-0.15, -0.1) is 0 Å². The fourth-order valence-corrected chi connectivity index (χ4v) is 23.1. The largest absolute Gasteiger partial charge is 0.542 e. The van der Waals surface area contributed by atoms with Gasteiger partial charge in [0.1, 0.15) is 23.0 Å². The molecule has 0 amide bonds. The Morgan fingerprint density at radius 1 is 0.403 bits per heavy atom. The van der Waals surface area contributed by atoms with E-state index in [1.807, 2.05) is 36.4 Å². The highest BCUT2D eigenvalue weighted by Crippen LogP contribution is 2.53. The molecule has 0 spiro atoms. The minimum absolute atomic E-state index is 0.239. The number of allylic oxidation sites excluding steroid dienone is 4. The average molecular weight is 931 g/mol. The van der Waals surface area contributed by atoms with Crippen LogP contribution in [0, 0.1) is 0 Å². The Morgan fingerprint density at radius 3 is 1.06 bits per heavy atom. The Hall–Kier alpha value is -5.85. The number of ether oxygens (including phenoxy) is 2. The lowest BCUT2D eigenvalue weighted by Gasteiger charge is -2.42. The molecule has 0 N–H and O–H groups in total. The first-order valence-corrected chi connectivity index (χ1v) is 28.4. The van der Waals surface area contributed by atoms with Crippen molar-refractivity contribution < 1.29 is 37.5 Å². The van der Waals surface area contributed by atoms with Gasteiger partial charge in [0.25, 0.3) is 16.6 Å². The van der Waals surface area contributed by atoms with E-state index in [1.54, 1.807) is 12.1 Å². The van der Waals surface area contributed by atoms with E-state index in [2.05, 4.69) is 95.2 Å². The SMILES string of the molecule is CC(C)[Si](Oc1cc2c(c3c1ccc1c4c(ccc13)OCCCOc1ccc3c(ccc5c(O[Si](C(C)C)(C(C)C)C(C)C)cc6c(c53)C(=O)C=CC6=O)c1-4)C(=O)C=CC2=O)(C(C)C)C(C)C. The molecule has 1 heterocycles. The fraction of sp³-hybridized carbons (Fsp3) is 0.368. The lowest BCUT2D eigenvalue weighted by Crippen LogP contribution is -2.50. The summed E-state index contributed by atoms with van der Waals surface area (Å²) in [6.45, 7) is 27.6. The lowest BCUT2D eigenvalue weighted by atomic mass is 9.83. The first-order valence-electron chi connectivity index (χ1n) is 24.1. The molecule has 0 fully saturated rings. The number of fused-ring (bicyclic) bond motifs is 15. The molecule has 3 aliphatic rings. The molecule has 6 aromatic rings. The van der Waals surface area contributed by atoms with Crippen LogP contribution in [-0.2, 0) is 0 Å². The van der Waals surface area contributed by atoms with Crippen molar-refractivity contribution in [3.8, 4) is 34.1 Å². The topological polar surface area (TPSA) is 105 Å². The van der Waals surface area contributed by atoms with E-state index >= 15 is 0 Å². The van der Waals surface area contributed by atoms with Gasteiger partial charge in [-0.1, -0.05) is 119 Å². The van der Waals surface area contributed by atoms with Crippen LogP contribution >= 0.6 is 0 Å². The Kier molecular flexibility index (Phi) is 11.8. The van der Waals surface area contributed by atoms with Gasteiger partial charge in [-0.25, -0.2) is 0 Å². The fourth-order valence-electron chi connectivity index (χ4n) is 12.5. The summed E-state index contributed by atoms with van der Waals surface area (Å²) in [6.07, 6.45) is 6.11. The van der Waals surface area contributed by atoms with Gasteiger partial charge in [0, 0.05) is 61.3 Å². The maximum absolute atomic E-state index is 14.2. The Labute approximate surface area is 396 Å². The highest BCUT2D eigenvalue weighted by Gasteiger charge is 2.49. The van der Waals surface area contributed by atoms with Crippen molar-refractivity contribution in [2.45, 2.75) is 123 Å². The standard InChI is InChI=1S/C57H62O8Si2/c1-30(2)66(31(3)4,32(5)6)64-50-28-42-44(58)20-22-46(60)54(42)52-36-18-24-48-56(38(36)14-16-40(50)52)57-39-15-17-41-51(65-67(33(7)8,34(9)10)35(11)12)29-43-45(59)21-23-47(61)55(43)53(41)37(39)19-25-49(57)63-27-13-26-62-48/h14-25,28-35H,13,26-27H2,1-12H3. The molecule has 67 heavy (non-hydrogen) atoms. The van der Waals surface area contributed by atoms with Gasteiger partial charge in [0.2, 0.25) is 0 Å². The van der Waals surface area contributed by atoms with E-state index in [-0.39, 0.29) is 56.4 Å². The minimum Gasteiger partial charge on any atom is -0.542 e. The van der Waals surface area contributed by atoms with Crippen molar-refractivity contribution in [3.05, 3.63) is 107 Å². The predicted molar refractivity (Wildman–Crippen MR) is 276 cm³/mol. The molecule has 10 heteroatoms. The molecule has 0 saturated heterocycles. The average Bonchev–Trinajstić information content (AvgIpc) is 3.37. The normalized spacial score (nSPS) is 15.4. The molecule has 6 aromatic carbocycles. The third-order valence-corrected chi connectivity index (χ3v) is 27.3. The zero-order valence-electron chi connectivity index (χ0n) is 40.9. The molecule has 0 radical (unpaired) electrons. The van der Waals surface area contributed by atoms with Crippen LogP contribution in [0.4, 0.5) is 0 Å². The number of hydrogen-bond acceptors (Lipinski definition) is 8. The van der Waals surface area contributed by atoms with Crippen molar-refractivity contribution in [1.29, 1.82) is 0 Å². The Bertz CT molecular complexity index is 2910. The molecule has 0 atom stereocenters. The molecule has 2 aliphatic carbocycles. The van der Waals surface area contributed by atoms with E-state index in [4.69, 9.17) is 18.3 Å². The van der Waals surface area contributed by atoms with Crippen molar-refractivity contribution in [2.75, 3.05) is 13.2 Å². The summed E-state index contributed by atoms with van der Waals surface area (Å²) in [6, 6.07) is 19.7. The smallest absolute Gasteiger partial charge is 0.258 e. The van der Waals surface area contributed by atoms with E-state index in [9.17, 15) is 19.2 Å². The van der Waals surface area contributed by atoms with Gasteiger partial charge in [0.15, 0.2) is 23.1 Å².